The van der Waals surface area contributed by atoms with Crippen molar-refractivity contribution >= 4 is 27.3 Å². The van der Waals surface area contributed by atoms with Crippen LogP contribution < -0.4 is 5.32 Å². The third kappa shape index (κ3) is 2.65. The van der Waals surface area contributed by atoms with Crippen molar-refractivity contribution in [1.82, 2.24) is 5.32 Å². The second kappa shape index (κ2) is 4.62. The van der Waals surface area contributed by atoms with Gasteiger partial charge in [-0.3, -0.25) is 4.79 Å². The third-order valence-corrected chi connectivity index (χ3v) is 4.83. The minimum absolute atomic E-state index is 0.0953. The molecule has 19 heavy (non-hydrogen) atoms. The SMILES string of the molecule is CC(O)(CNC(=O)c1cc2ccccc2s1)C1CC1. The first-order valence-electron chi connectivity index (χ1n) is 6.55. The molecule has 2 aromatic rings. The fraction of sp³-hybridized carbons (Fsp3) is 0.400. The monoisotopic (exact) mass is 275 g/mol. The Kier molecular flexibility index (Phi) is 3.07. The third-order valence-electron chi connectivity index (χ3n) is 3.71. The molecule has 1 saturated carbocycles. The van der Waals surface area contributed by atoms with Crippen LogP contribution in [-0.2, 0) is 0 Å². The summed E-state index contributed by atoms with van der Waals surface area (Å²) in [5.74, 6) is 0.248. The van der Waals surface area contributed by atoms with Crippen molar-refractivity contribution in [3.63, 3.8) is 0 Å². The van der Waals surface area contributed by atoms with Crippen molar-refractivity contribution in [3.05, 3.63) is 35.2 Å². The number of carbonyl (C=O) groups is 1. The summed E-state index contributed by atoms with van der Waals surface area (Å²) < 4.78 is 1.11. The fourth-order valence-electron chi connectivity index (χ4n) is 2.29. The molecule has 4 heteroatoms. The van der Waals surface area contributed by atoms with E-state index in [9.17, 15) is 9.90 Å². The van der Waals surface area contributed by atoms with E-state index in [1.165, 1.54) is 11.3 Å². The first-order valence-corrected chi connectivity index (χ1v) is 7.37. The van der Waals surface area contributed by atoms with Gasteiger partial charge in [0.1, 0.15) is 0 Å². The Morgan fingerprint density at radius 3 is 2.89 bits per heavy atom. The number of benzene rings is 1. The number of nitrogens with one attached hydrogen (secondary N) is 1. The van der Waals surface area contributed by atoms with Crippen LogP contribution in [0.15, 0.2) is 30.3 Å². The van der Waals surface area contributed by atoms with Crippen LogP contribution in [0.4, 0.5) is 0 Å². The molecular weight excluding hydrogens is 258 g/mol. The highest BCUT2D eigenvalue weighted by atomic mass is 32.1. The molecular formula is C15H17NO2S. The Hall–Kier alpha value is -1.39. The van der Waals surface area contributed by atoms with Gasteiger partial charge in [0.2, 0.25) is 0 Å². The molecule has 1 amide bonds. The Bertz CT molecular complexity index is 580. The van der Waals surface area contributed by atoms with Gasteiger partial charge in [-0.05, 0) is 43.2 Å². The maximum atomic E-state index is 12.1. The molecule has 1 aromatic carbocycles. The molecule has 1 atom stereocenters. The van der Waals surface area contributed by atoms with Crippen LogP contribution in [0.5, 0.6) is 0 Å². The van der Waals surface area contributed by atoms with E-state index >= 15 is 0 Å². The molecule has 1 fully saturated rings. The van der Waals surface area contributed by atoms with E-state index in [1.54, 1.807) is 6.92 Å². The first kappa shape index (κ1) is 12.6. The van der Waals surface area contributed by atoms with Crippen molar-refractivity contribution in [2.75, 3.05) is 6.54 Å². The van der Waals surface area contributed by atoms with E-state index in [0.717, 1.165) is 22.9 Å². The van der Waals surface area contributed by atoms with Gasteiger partial charge < -0.3 is 10.4 Å². The summed E-state index contributed by atoms with van der Waals surface area (Å²) in [5.41, 5.74) is -0.771. The van der Waals surface area contributed by atoms with Crippen LogP contribution in [0.2, 0.25) is 0 Å². The highest BCUT2D eigenvalue weighted by molar-refractivity contribution is 7.20. The summed E-state index contributed by atoms with van der Waals surface area (Å²) in [6, 6.07) is 9.86. The second-order valence-electron chi connectivity index (χ2n) is 5.46. The standard InChI is InChI=1S/C15H17NO2S/c1-15(18,11-6-7-11)9-16-14(17)13-8-10-4-2-3-5-12(10)19-13/h2-5,8,11,18H,6-7,9H2,1H3,(H,16,17). The molecule has 0 spiro atoms. The van der Waals surface area contributed by atoms with Gasteiger partial charge in [0.05, 0.1) is 10.5 Å². The summed E-state index contributed by atoms with van der Waals surface area (Å²) in [6.45, 7) is 2.13. The number of fused-ring (bicyclic) bond motifs is 1. The van der Waals surface area contributed by atoms with Gasteiger partial charge in [-0.25, -0.2) is 0 Å². The molecule has 0 bridgehead atoms. The number of hydrogen-bond acceptors (Lipinski definition) is 3. The van der Waals surface area contributed by atoms with Crippen molar-refractivity contribution in [2.45, 2.75) is 25.4 Å². The molecule has 0 saturated heterocycles. The predicted molar refractivity (Wildman–Crippen MR) is 77.5 cm³/mol. The summed E-state index contributed by atoms with van der Waals surface area (Å²) in [6.07, 6.45) is 2.12. The van der Waals surface area contributed by atoms with Crippen LogP contribution >= 0.6 is 11.3 Å². The normalized spacial score (nSPS) is 18.2. The minimum Gasteiger partial charge on any atom is -0.388 e. The van der Waals surface area contributed by atoms with Gasteiger partial charge in [0, 0.05) is 11.2 Å². The van der Waals surface area contributed by atoms with Gasteiger partial charge >= 0.3 is 0 Å². The lowest BCUT2D eigenvalue weighted by atomic mass is 10.0. The van der Waals surface area contributed by atoms with E-state index in [0.29, 0.717) is 17.3 Å². The van der Waals surface area contributed by atoms with Crippen LogP contribution in [0.25, 0.3) is 10.1 Å². The second-order valence-corrected chi connectivity index (χ2v) is 6.55. The van der Waals surface area contributed by atoms with Crippen molar-refractivity contribution < 1.29 is 9.90 Å². The lowest BCUT2D eigenvalue weighted by Crippen LogP contribution is -2.42. The van der Waals surface area contributed by atoms with Gasteiger partial charge in [-0.1, -0.05) is 18.2 Å². The predicted octanol–water partition coefficient (Wildman–Crippen LogP) is 2.79. The summed E-state index contributed by atoms with van der Waals surface area (Å²) in [4.78, 5) is 12.8. The van der Waals surface area contributed by atoms with Crippen molar-refractivity contribution in [2.24, 2.45) is 5.92 Å². The fourth-order valence-corrected chi connectivity index (χ4v) is 3.27. The number of aliphatic hydroxyl groups is 1. The number of hydrogen-bond donors (Lipinski definition) is 2. The van der Waals surface area contributed by atoms with Crippen LogP contribution in [-0.4, -0.2) is 23.2 Å². The molecule has 1 aliphatic carbocycles. The highest BCUT2D eigenvalue weighted by Gasteiger charge is 2.40. The van der Waals surface area contributed by atoms with E-state index in [1.807, 2.05) is 30.3 Å². The minimum atomic E-state index is -0.771. The molecule has 3 rings (SSSR count). The van der Waals surface area contributed by atoms with Gasteiger partial charge in [0.25, 0.3) is 5.91 Å². The largest absolute Gasteiger partial charge is 0.388 e. The maximum Gasteiger partial charge on any atom is 0.261 e. The Balaban J connectivity index is 1.69. The zero-order valence-electron chi connectivity index (χ0n) is 10.8. The molecule has 1 aliphatic rings. The summed E-state index contributed by atoms with van der Waals surface area (Å²) in [7, 11) is 0. The van der Waals surface area contributed by atoms with Gasteiger partial charge in [-0.15, -0.1) is 11.3 Å². The van der Waals surface area contributed by atoms with Gasteiger partial charge in [0.15, 0.2) is 0 Å². The zero-order chi connectivity index (χ0) is 13.5. The lowest BCUT2D eigenvalue weighted by Gasteiger charge is -2.22. The highest BCUT2D eigenvalue weighted by Crippen LogP contribution is 2.39. The molecule has 100 valence electrons. The first-order chi connectivity index (χ1) is 9.06. The Morgan fingerprint density at radius 2 is 2.21 bits per heavy atom. The van der Waals surface area contributed by atoms with Crippen molar-refractivity contribution in [3.8, 4) is 0 Å². The average Bonchev–Trinajstić information content (AvgIpc) is 3.16. The molecule has 1 unspecified atom stereocenters. The summed E-state index contributed by atoms with van der Waals surface area (Å²) in [5, 5.41) is 14.1. The number of thiophene rings is 1. The van der Waals surface area contributed by atoms with Crippen LogP contribution in [0.1, 0.15) is 29.4 Å². The molecule has 0 aliphatic heterocycles. The lowest BCUT2D eigenvalue weighted by molar-refractivity contribution is 0.0355. The number of carbonyl (C=O) groups excluding carboxylic acids is 1. The quantitative estimate of drug-likeness (QED) is 0.901. The van der Waals surface area contributed by atoms with E-state index < -0.39 is 5.60 Å². The molecule has 0 radical (unpaired) electrons. The van der Waals surface area contributed by atoms with Crippen LogP contribution in [0.3, 0.4) is 0 Å². The molecule has 1 aromatic heterocycles. The van der Waals surface area contributed by atoms with Crippen molar-refractivity contribution in [1.29, 1.82) is 0 Å². The Morgan fingerprint density at radius 1 is 1.47 bits per heavy atom. The molecule has 1 heterocycles. The summed E-state index contributed by atoms with van der Waals surface area (Å²) >= 11 is 1.49. The smallest absolute Gasteiger partial charge is 0.261 e. The average molecular weight is 275 g/mol. The molecule has 3 nitrogen and oxygen atoms in total. The Labute approximate surface area is 116 Å². The van der Waals surface area contributed by atoms with E-state index in [4.69, 9.17) is 0 Å². The van der Waals surface area contributed by atoms with Crippen LogP contribution in [0, 0.1) is 5.92 Å². The number of amides is 1. The topological polar surface area (TPSA) is 49.3 Å². The zero-order valence-corrected chi connectivity index (χ0v) is 11.7. The van der Waals surface area contributed by atoms with E-state index in [-0.39, 0.29) is 5.91 Å². The molecule has 2 N–H and O–H groups in total. The number of rotatable bonds is 4. The van der Waals surface area contributed by atoms with Gasteiger partial charge in [-0.2, -0.15) is 0 Å². The van der Waals surface area contributed by atoms with E-state index in [2.05, 4.69) is 5.32 Å². The maximum absolute atomic E-state index is 12.1.